The van der Waals surface area contributed by atoms with Gasteiger partial charge < -0.3 is 9.72 Å². The van der Waals surface area contributed by atoms with E-state index in [0.717, 1.165) is 21.3 Å². The number of carbonyl (C=O) groups is 1. The monoisotopic (exact) mass is 322 g/mol. The lowest BCUT2D eigenvalue weighted by Crippen LogP contribution is -2.18. The van der Waals surface area contributed by atoms with Crippen molar-refractivity contribution in [2.24, 2.45) is 0 Å². The standard InChI is InChI=1S/C14H15BrN2O2/c1-8(2)14(18)19-9(3)6-13-16-11-5-4-10(15)7-12(11)17-13/h4-5,7,9H,1,6H2,2-3H3,(H,16,17). The fourth-order valence-electron chi connectivity index (χ4n) is 1.73. The zero-order valence-corrected chi connectivity index (χ0v) is 12.5. The number of benzene rings is 1. The van der Waals surface area contributed by atoms with Crippen LogP contribution in [0.15, 0.2) is 34.8 Å². The zero-order valence-electron chi connectivity index (χ0n) is 10.9. The maximum Gasteiger partial charge on any atom is 0.333 e. The summed E-state index contributed by atoms with van der Waals surface area (Å²) in [5, 5.41) is 0. The van der Waals surface area contributed by atoms with Gasteiger partial charge in [-0.15, -0.1) is 0 Å². The Balaban J connectivity index is 2.08. The Kier molecular flexibility index (Phi) is 4.04. The van der Waals surface area contributed by atoms with Gasteiger partial charge in [0, 0.05) is 16.5 Å². The van der Waals surface area contributed by atoms with Gasteiger partial charge in [0.25, 0.3) is 0 Å². The lowest BCUT2D eigenvalue weighted by Gasteiger charge is -2.11. The second kappa shape index (κ2) is 5.57. The van der Waals surface area contributed by atoms with Gasteiger partial charge in [-0.1, -0.05) is 22.5 Å². The molecule has 0 aliphatic carbocycles. The number of H-pyrrole nitrogens is 1. The summed E-state index contributed by atoms with van der Waals surface area (Å²) in [6.45, 7) is 7.03. The molecule has 0 saturated heterocycles. The molecule has 0 fully saturated rings. The first-order valence-electron chi connectivity index (χ1n) is 5.96. The summed E-state index contributed by atoms with van der Waals surface area (Å²) >= 11 is 3.41. The number of rotatable bonds is 4. The fraction of sp³-hybridized carbons (Fsp3) is 0.286. The minimum absolute atomic E-state index is 0.242. The van der Waals surface area contributed by atoms with Crippen molar-refractivity contribution in [3.8, 4) is 0 Å². The van der Waals surface area contributed by atoms with E-state index in [1.165, 1.54) is 0 Å². The van der Waals surface area contributed by atoms with Gasteiger partial charge in [-0.25, -0.2) is 9.78 Å². The van der Waals surface area contributed by atoms with Crippen molar-refractivity contribution in [2.45, 2.75) is 26.4 Å². The van der Waals surface area contributed by atoms with Crippen LogP contribution in [0.2, 0.25) is 0 Å². The molecule has 5 heteroatoms. The van der Waals surface area contributed by atoms with Crippen LogP contribution in [0.4, 0.5) is 0 Å². The highest BCUT2D eigenvalue weighted by Gasteiger charge is 2.13. The van der Waals surface area contributed by atoms with Crippen LogP contribution in [0.5, 0.6) is 0 Å². The summed E-state index contributed by atoms with van der Waals surface area (Å²) in [6.07, 6.45) is 0.305. The highest BCUT2D eigenvalue weighted by molar-refractivity contribution is 9.10. The number of hydrogen-bond acceptors (Lipinski definition) is 3. The zero-order chi connectivity index (χ0) is 14.0. The molecule has 0 spiro atoms. The maximum absolute atomic E-state index is 11.4. The second-order valence-electron chi connectivity index (χ2n) is 4.55. The van der Waals surface area contributed by atoms with E-state index in [9.17, 15) is 4.79 Å². The van der Waals surface area contributed by atoms with Crippen molar-refractivity contribution >= 4 is 32.9 Å². The molecule has 19 heavy (non-hydrogen) atoms. The van der Waals surface area contributed by atoms with Crippen LogP contribution in [0.3, 0.4) is 0 Å². The number of imidazole rings is 1. The lowest BCUT2D eigenvalue weighted by molar-refractivity contribution is -0.143. The average Bonchev–Trinajstić information content (AvgIpc) is 2.69. The van der Waals surface area contributed by atoms with E-state index >= 15 is 0 Å². The van der Waals surface area contributed by atoms with Crippen LogP contribution in [-0.2, 0) is 16.0 Å². The molecule has 0 saturated carbocycles. The van der Waals surface area contributed by atoms with Crippen LogP contribution < -0.4 is 0 Å². The average molecular weight is 323 g/mol. The number of hydrogen-bond donors (Lipinski definition) is 1. The van der Waals surface area contributed by atoms with Crippen molar-refractivity contribution in [1.82, 2.24) is 9.97 Å². The molecular formula is C14H15BrN2O2. The molecule has 1 aromatic heterocycles. The fourth-order valence-corrected chi connectivity index (χ4v) is 2.09. The number of aromatic amines is 1. The number of ether oxygens (including phenoxy) is 1. The van der Waals surface area contributed by atoms with Gasteiger partial charge in [-0.2, -0.15) is 0 Å². The molecule has 0 aliphatic heterocycles. The van der Waals surface area contributed by atoms with Crippen molar-refractivity contribution in [3.05, 3.63) is 40.6 Å². The van der Waals surface area contributed by atoms with Crippen LogP contribution in [-0.4, -0.2) is 22.0 Å². The molecule has 1 N–H and O–H groups in total. The second-order valence-corrected chi connectivity index (χ2v) is 5.46. The number of carbonyl (C=O) groups excluding carboxylic acids is 1. The smallest absolute Gasteiger partial charge is 0.333 e. The SMILES string of the molecule is C=C(C)C(=O)OC(C)Cc1nc2ccc(Br)cc2[nH]1. The third-order valence-corrected chi connectivity index (χ3v) is 3.12. The van der Waals surface area contributed by atoms with E-state index in [4.69, 9.17) is 4.74 Å². The Morgan fingerprint density at radius 1 is 1.58 bits per heavy atom. The number of nitrogens with one attached hydrogen (secondary N) is 1. The third-order valence-electron chi connectivity index (χ3n) is 2.63. The van der Waals surface area contributed by atoms with Crippen molar-refractivity contribution < 1.29 is 9.53 Å². The van der Waals surface area contributed by atoms with E-state index in [-0.39, 0.29) is 12.1 Å². The molecule has 0 radical (unpaired) electrons. The van der Waals surface area contributed by atoms with Gasteiger partial charge in [-0.3, -0.25) is 0 Å². The first-order chi connectivity index (χ1) is 8.95. The number of nitrogens with zero attached hydrogens (tertiary/aromatic N) is 1. The van der Waals surface area contributed by atoms with E-state index in [0.29, 0.717) is 12.0 Å². The van der Waals surface area contributed by atoms with Crippen molar-refractivity contribution in [1.29, 1.82) is 0 Å². The molecule has 1 heterocycles. The van der Waals surface area contributed by atoms with Crippen LogP contribution in [0, 0.1) is 0 Å². The molecule has 2 aromatic rings. The highest BCUT2D eigenvalue weighted by atomic mass is 79.9. The minimum atomic E-state index is -0.369. The molecule has 0 amide bonds. The Morgan fingerprint density at radius 3 is 3.00 bits per heavy atom. The predicted molar refractivity (Wildman–Crippen MR) is 77.9 cm³/mol. The minimum Gasteiger partial charge on any atom is -0.459 e. The van der Waals surface area contributed by atoms with Gasteiger partial charge in [0.1, 0.15) is 11.9 Å². The van der Waals surface area contributed by atoms with Gasteiger partial charge in [-0.05, 0) is 32.0 Å². The predicted octanol–water partition coefficient (Wildman–Crippen LogP) is 3.38. The van der Waals surface area contributed by atoms with E-state index in [2.05, 4.69) is 32.5 Å². The first kappa shape index (κ1) is 13.8. The quantitative estimate of drug-likeness (QED) is 0.693. The normalized spacial score (nSPS) is 12.4. The van der Waals surface area contributed by atoms with Crippen LogP contribution >= 0.6 is 15.9 Å². The summed E-state index contributed by atoms with van der Waals surface area (Å²) in [7, 11) is 0. The molecule has 1 unspecified atom stereocenters. The topological polar surface area (TPSA) is 55.0 Å². The van der Waals surface area contributed by atoms with E-state index < -0.39 is 0 Å². The van der Waals surface area contributed by atoms with Gasteiger partial charge in [0.2, 0.25) is 0 Å². The molecule has 100 valence electrons. The Morgan fingerprint density at radius 2 is 2.32 bits per heavy atom. The number of fused-ring (bicyclic) bond motifs is 1. The lowest BCUT2D eigenvalue weighted by atomic mass is 10.2. The summed E-state index contributed by atoms with van der Waals surface area (Å²) in [5.74, 6) is 0.432. The summed E-state index contributed by atoms with van der Waals surface area (Å²) in [4.78, 5) is 19.1. The number of aromatic nitrogens is 2. The summed E-state index contributed by atoms with van der Waals surface area (Å²) < 4.78 is 6.22. The summed E-state index contributed by atoms with van der Waals surface area (Å²) in [6, 6.07) is 5.85. The van der Waals surface area contributed by atoms with Crippen molar-refractivity contribution in [3.63, 3.8) is 0 Å². The number of halogens is 1. The molecule has 1 atom stereocenters. The van der Waals surface area contributed by atoms with Crippen LogP contribution in [0.1, 0.15) is 19.7 Å². The molecule has 0 bridgehead atoms. The maximum atomic E-state index is 11.4. The van der Waals surface area contributed by atoms with Gasteiger partial charge in [0.05, 0.1) is 11.0 Å². The van der Waals surface area contributed by atoms with Crippen LogP contribution in [0.25, 0.3) is 11.0 Å². The largest absolute Gasteiger partial charge is 0.459 e. The number of esters is 1. The molecule has 1 aromatic carbocycles. The van der Waals surface area contributed by atoms with Crippen molar-refractivity contribution in [2.75, 3.05) is 0 Å². The molecular weight excluding hydrogens is 308 g/mol. The van der Waals surface area contributed by atoms with E-state index in [1.807, 2.05) is 25.1 Å². The Labute approximate surface area is 120 Å². The summed E-state index contributed by atoms with van der Waals surface area (Å²) in [5.41, 5.74) is 2.26. The first-order valence-corrected chi connectivity index (χ1v) is 6.75. The highest BCUT2D eigenvalue weighted by Crippen LogP contribution is 2.18. The van der Waals surface area contributed by atoms with Gasteiger partial charge in [0.15, 0.2) is 0 Å². The molecule has 2 rings (SSSR count). The third kappa shape index (κ3) is 3.44. The molecule has 0 aliphatic rings. The molecule has 4 nitrogen and oxygen atoms in total. The van der Waals surface area contributed by atoms with Gasteiger partial charge >= 0.3 is 5.97 Å². The Bertz CT molecular complexity index is 633. The van der Waals surface area contributed by atoms with E-state index in [1.54, 1.807) is 6.92 Å². The Hall–Kier alpha value is -1.62.